The van der Waals surface area contributed by atoms with Gasteiger partial charge < -0.3 is 19.5 Å². The van der Waals surface area contributed by atoms with Gasteiger partial charge >= 0.3 is 0 Å². The fourth-order valence-corrected chi connectivity index (χ4v) is 3.65. The fourth-order valence-electron chi connectivity index (χ4n) is 3.65. The standard InChI is InChI=1S/C19H25N3O3.C2H4O2/c1-11(2)13-8-16-14(9-15(13)25-19(4)6-5-7-19)22-12(3)18(23)21-20-17(22)10-24-16;1-2(3)4/h8-9,11-12H,5-7,10H2,1-4H3,(H,21,23);1H3,(H,3,4). The summed E-state index contributed by atoms with van der Waals surface area (Å²) >= 11 is 0. The van der Waals surface area contributed by atoms with E-state index in [0.717, 1.165) is 48.4 Å². The lowest BCUT2D eigenvalue weighted by Gasteiger charge is -2.41. The summed E-state index contributed by atoms with van der Waals surface area (Å²) in [5, 5.41) is 11.6. The van der Waals surface area contributed by atoms with Crippen LogP contribution in [0.3, 0.4) is 0 Å². The molecule has 1 atom stereocenters. The normalized spacial score (nSPS) is 21.3. The lowest BCUT2D eigenvalue weighted by molar-refractivity contribution is -0.134. The number of amides is 1. The Labute approximate surface area is 170 Å². The molecule has 2 N–H and O–H groups in total. The first-order valence-electron chi connectivity index (χ1n) is 9.96. The van der Waals surface area contributed by atoms with Crippen molar-refractivity contribution in [3.63, 3.8) is 0 Å². The average Bonchev–Trinajstić information content (AvgIpc) is 2.62. The van der Waals surface area contributed by atoms with Crippen LogP contribution in [0.25, 0.3) is 0 Å². The predicted octanol–water partition coefficient (Wildman–Crippen LogP) is 3.25. The Bertz CT molecular complexity index is 841. The second kappa shape index (κ2) is 7.93. The number of ether oxygens (including phenoxy) is 2. The number of hydrogen-bond donors (Lipinski definition) is 2. The zero-order chi connectivity index (χ0) is 21.3. The van der Waals surface area contributed by atoms with Gasteiger partial charge in [0.05, 0.1) is 5.69 Å². The molecule has 1 aromatic rings. The zero-order valence-electron chi connectivity index (χ0n) is 17.6. The van der Waals surface area contributed by atoms with Crippen LogP contribution in [0.15, 0.2) is 17.2 Å². The Hall–Kier alpha value is -2.77. The summed E-state index contributed by atoms with van der Waals surface area (Å²) in [5.74, 6) is 1.77. The number of carbonyl (C=O) groups is 2. The third-order valence-electron chi connectivity index (χ3n) is 5.44. The molecule has 0 aromatic heterocycles. The van der Waals surface area contributed by atoms with Crippen molar-refractivity contribution < 1.29 is 24.2 Å². The minimum absolute atomic E-state index is 0.0881. The molecular formula is C21H29N3O5. The Morgan fingerprint density at radius 1 is 1.41 bits per heavy atom. The Kier molecular flexibility index (Phi) is 5.73. The van der Waals surface area contributed by atoms with Gasteiger partial charge in [-0.3, -0.25) is 9.59 Å². The molecule has 8 heteroatoms. The number of hydrogen-bond acceptors (Lipinski definition) is 6. The highest BCUT2D eigenvalue weighted by molar-refractivity contribution is 6.09. The van der Waals surface area contributed by atoms with Crippen LogP contribution in [0.5, 0.6) is 11.5 Å². The maximum atomic E-state index is 12.1. The van der Waals surface area contributed by atoms with Gasteiger partial charge in [0.25, 0.3) is 11.9 Å². The van der Waals surface area contributed by atoms with Crippen LogP contribution in [0.4, 0.5) is 5.69 Å². The minimum Gasteiger partial charge on any atom is -0.487 e. The van der Waals surface area contributed by atoms with E-state index in [9.17, 15) is 4.79 Å². The molecule has 1 amide bonds. The van der Waals surface area contributed by atoms with Crippen LogP contribution in [0.2, 0.25) is 0 Å². The minimum atomic E-state index is -0.833. The summed E-state index contributed by atoms with van der Waals surface area (Å²) in [6.07, 6.45) is 3.36. The number of fused-ring (bicyclic) bond motifs is 3. The summed E-state index contributed by atoms with van der Waals surface area (Å²) in [6, 6.07) is 3.76. The highest BCUT2D eigenvalue weighted by Crippen LogP contribution is 2.45. The number of nitrogens with zero attached hydrogens (tertiary/aromatic N) is 2. The molecule has 2 aliphatic heterocycles. The third kappa shape index (κ3) is 4.31. The van der Waals surface area contributed by atoms with Crippen molar-refractivity contribution >= 4 is 23.4 Å². The molecule has 1 aliphatic carbocycles. The Balaban J connectivity index is 0.000000552. The number of carboxylic acids is 1. The highest BCUT2D eigenvalue weighted by atomic mass is 16.5. The summed E-state index contributed by atoms with van der Waals surface area (Å²) in [7, 11) is 0. The van der Waals surface area contributed by atoms with E-state index in [-0.39, 0.29) is 17.6 Å². The van der Waals surface area contributed by atoms with Gasteiger partial charge in [-0.25, -0.2) is 5.43 Å². The van der Waals surface area contributed by atoms with Gasteiger partial charge in [0.1, 0.15) is 29.7 Å². The zero-order valence-corrected chi connectivity index (χ0v) is 17.6. The first kappa shape index (κ1) is 21.0. The molecule has 0 bridgehead atoms. The molecular weight excluding hydrogens is 374 g/mol. The number of benzene rings is 1. The Morgan fingerprint density at radius 2 is 2.07 bits per heavy atom. The maximum Gasteiger partial charge on any atom is 0.300 e. The number of anilines is 1. The first-order valence-corrected chi connectivity index (χ1v) is 9.96. The van der Waals surface area contributed by atoms with Crippen molar-refractivity contribution in [3.8, 4) is 11.5 Å². The molecule has 0 saturated heterocycles. The van der Waals surface area contributed by atoms with Crippen LogP contribution >= 0.6 is 0 Å². The molecule has 1 aromatic carbocycles. The van der Waals surface area contributed by atoms with Crippen molar-refractivity contribution in [2.45, 2.75) is 71.4 Å². The highest BCUT2D eigenvalue weighted by Gasteiger charge is 2.38. The lowest BCUT2D eigenvalue weighted by atomic mass is 9.81. The fraction of sp³-hybridized carbons (Fsp3) is 0.571. The van der Waals surface area contributed by atoms with Gasteiger partial charge in [-0.15, -0.1) is 0 Å². The van der Waals surface area contributed by atoms with E-state index in [1.54, 1.807) is 0 Å². The molecule has 158 valence electrons. The van der Waals surface area contributed by atoms with Crippen molar-refractivity contribution in [2.24, 2.45) is 5.10 Å². The second-order valence-electron chi connectivity index (χ2n) is 8.28. The predicted molar refractivity (Wildman–Crippen MR) is 110 cm³/mol. The van der Waals surface area contributed by atoms with Gasteiger partial charge in [-0.2, -0.15) is 5.10 Å². The van der Waals surface area contributed by atoms with Crippen LogP contribution in [-0.4, -0.2) is 41.1 Å². The van der Waals surface area contributed by atoms with E-state index in [0.29, 0.717) is 12.5 Å². The van der Waals surface area contributed by atoms with Crippen LogP contribution < -0.4 is 19.8 Å². The number of carbonyl (C=O) groups excluding carboxylic acids is 1. The average molecular weight is 403 g/mol. The topological polar surface area (TPSA) is 100 Å². The number of carboxylic acid groups (broad SMARTS) is 1. The van der Waals surface area contributed by atoms with E-state index < -0.39 is 5.97 Å². The third-order valence-corrected chi connectivity index (χ3v) is 5.44. The van der Waals surface area contributed by atoms with E-state index in [1.807, 2.05) is 17.9 Å². The largest absolute Gasteiger partial charge is 0.487 e. The summed E-state index contributed by atoms with van der Waals surface area (Å²) in [4.78, 5) is 23.0. The van der Waals surface area contributed by atoms with Gasteiger partial charge in [0.15, 0.2) is 5.84 Å². The van der Waals surface area contributed by atoms with Gasteiger partial charge in [0.2, 0.25) is 0 Å². The van der Waals surface area contributed by atoms with Crippen molar-refractivity contribution in [1.29, 1.82) is 0 Å². The molecule has 3 aliphatic rings. The smallest absolute Gasteiger partial charge is 0.300 e. The van der Waals surface area contributed by atoms with Crippen LogP contribution in [0, 0.1) is 0 Å². The second-order valence-corrected chi connectivity index (χ2v) is 8.28. The van der Waals surface area contributed by atoms with Crippen LogP contribution in [-0.2, 0) is 9.59 Å². The SMILES string of the molecule is CC(=O)O.CC(C)c1cc2c(cc1OC1(C)CCC1)N1C(=NNC(=O)C1C)CO2. The van der Waals surface area contributed by atoms with E-state index in [2.05, 4.69) is 37.4 Å². The van der Waals surface area contributed by atoms with Crippen molar-refractivity contribution in [3.05, 3.63) is 17.7 Å². The maximum absolute atomic E-state index is 12.1. The van der Waals surface area contributed by atoms with Crippen LogP contribution in [0.1, 0.15) is 65.4 Å². The van der Waals surface area contributed by atoms with E-state index in [4.69, 9.17) is 19.4 Å². The summed E-state index contributed by atoms with van der Waals surface area (Å²) < 4.78 is 12.3. The number of rotatable bonds is 3. The molecule has 1 unspecified atom stereocenters. The monoisotopic (exact) mass is 403 g/mol. The number of hydrazone groups is 1. The number of aliphatic carboxylic acids is 1. The van der Waals surface area contributed by atoms with E-state index in [1.165, 1.54) is 6.42 Å². The molecule has 29 heavy (non-hydrogen) atoms. The molecule has 4 rings (SSSR count). The Morgan fingerprint density at radius 3 is 2.62 bits per heavy atom. The van der Waals surface area contributed by atoms with Gasteiger partial charge in [-0.1, -0.05) is 13.8 Å². The molecule has 1 fully saturated rings. The van der Waals surface area contributed by atoms with Crippen molar-refractivity contribution in [1.82, 2.24) is 5.43 Å². The molecule has 2 heterocycles. The molecule has 0 spiro atoms. The molecule has 0 radical (unpaired) electrons. The van der Waals surface area contributed by atoms with Gasteiger partial charge in [-0.05, 0) is 45.1 Å². The van der Waals surface area contributed by atoms with E-state index >= 15 is 0 Å². The molecule has 8 nitrogen and oxygen atoms in total. The quantitative estimate of drug-likeness (QED) is 0.804. The summed E-state index contributed by atoms with van der Waals surface area (Å²) in [5.41, 5.74) is 4.47. The van der Waals surface area contributed by atoms with Crippen molar-refractivity contribution in [2.75, 3.05) is 11.5 Å². The number of amidine groups is 1. The summed E-state index contributed by atoms with van der Waals surface area (Å²) in [6.45, 7) is 9.80. The lowest BCUT2D eigenvalue weighted by Crippen LogP contribution is -2.55. The van der Waals surface area contributed by atoms with Gasteiger partial charge in [0, 0.05) is 18.6 Å². The molecule has 1 saturated carbocycles. The first-order chi connectivity index (χ1) is 13.6. The number of nitrogens with one attached hydrogen (secondary N) is 1.